The summed E-state index contributed by atoms with van der Waals surface area (Å²) in [5, 5.41) is 2.63. The molecule has 0 aliphatic heterocycles. The number of rotatable bonds is 7. The molecule has 130 valence electrons. The Bertz CT molecular complexity index is 738. The first kappa shape index (κ1) is 18.4. The zero-order valence-electron chi connectivity index (χ0n) is 14.3. The highest BCUT2D eigenvalue weighted by Crippen LogP contribution is 2.20. The second-order valence-corrected chi connectivity index (χ2v) is 5.66. The van der Waals surface area contributed by atoms with E-state index in [4.69, 9.17) is 4.74 Å². The Balaban J connectivity index is 1.88. The van der Waals surface area contributed by atoms with E-state index in [2.05, 4.69) is 5.32 Å². The van der Waals surface area contributed by atoms with Gasteiger partial charge in [0.25, 0.3) is 5.91 Å². The molecule has 2 aromatic carbocycles. The molecular formula is C20H21NO4. The molecule has 0 saturated carbocycles. The average molecular weight is 339 g/mol. The van der Waals surface area contributed by atoms with Gasteiger partial charge in [0.2, 0.25) is 0 Å². The summed E-state index contributed by atoms with van der Waals surface area (Å²) in [6.07, 6.45) is 0.594. The minimum absolute atomic E-state index is 0.0432. The molecule has 2 rings (SSSR count). The third-order valence-electron chi connectivity index (χ3n) is 3.82. The van der Waals surface area contributed by atoms with Crippen LogP contribution in [0, 0.1) is 0 Å². The monoisotopic (exact) mass is 339 g/mol. The molecule has 0 aliphatic rings. The number of Topliss-reactive ketones (excluding diaryl/α,β-unsaturated/α-hetero) is 1. The molecule has 0 bridgehead atoms. The lowest BCUT2D eigenvalue weighted by Gasteiger charge is -2.14. The van der Waals surface area contributed by atoms with Gasteiger partial charge in [0, 0.05) is 11.3 Å². The predicted molar refractivity (Wildman–Crippen MR) is 95.5 cm³/mol. The molecule has 0 spiro atoms. The van der Waals surface area contributed by atoms with Gasteiger partial charge in [0.15, 0.2) is 12.4 Å². The zero-order valence-corrected chi connectivity index (χ0v) is 14.3. The molecule has 1 atom stereocenters. The molecule has 1 N–H and O–H groups in total. The molecular weight excluding hydrogens is 318 g/mol. The second kappa shape index (κ2) is 8.78. The van der Waals surface area contributed by atoms with Crippen molar-refractivity contribution in [1.82, 2.24) is 0 Å². The molecule has 0 aliphatic carbocycles. The van der Waals surface area contributed by atoms with E-state index in [1.54, 1.807) is 24.3 Å². The summed E-state index contributed by atoms with van der Waals surface area (Å²) in [5.41, 5.74) is 1.98. The number of ether oxygens (including phenoxy) is 1. The normalized spacial score (nSPS) is 11.4. The van der Waals surface area contributed by atoms with Crippen molar-refractivity contribution in [2.45, 2.75) is 26.2 Å². The van der Waals surface area contributed by atoms with Crippen LogP contribution in [0.25, 0.3) is 0 Å². The van der Waals surface area contributed by atoms with Crippen LogP contribution in [0.5, 0.6) is 0 Å². The van der Waals surface area contributed by atoms with Crippen LogP contribution in [0.4, 0.5) is 5.69 Å². The topological polar surface area (TPSA) is 72.5 Å². The van der Waals surface area contributed by atoms with Crippen molar-refractivity contribution in [2.75, 3.05) is 11.9 Å². The van der Waals surface area contributed by atoms with E-state index in [0.717, 1.165) is 5.56 Å². The van der Waals surface area contributed by atoms with Gasteiger partial charge in [0.05, 0.1) is 5.92 Å². The fourth-order valence-electron chi connectivity index (χ4n) is 2.45. The Hall–Kier alpha value is -2.95. The van der Waals surface area contributed by atoms with Gasteiger partial charge in [-0.3, -0.25) is 14.4 Å². The average Bonchev–Trinajstić information content (AvgIpc) is 2.62. The minimum atomic E-state index is -0.424. The molecule has 0 saturated heterocycles. The molecule has 2 aromatic rings. The summed E-state index contributed by atoms with van der Waals surface area (Å²) >= 11 is 0. The zero-order chi connectivity index (χ0) is 18.2. The number of nitrogens with one attached hydrogen (secondary N) is 1. The van der Waals surface area contributed by atoms with Crippen molar-refractivity contribution >= 4 is 23.3 Å². The summed E-state index contributed by atoms with van der Waals surface area (Å²) in [7, 11) is 0. The molecule has 0 unspecified atom stereocenters. The van der Waals surface area contributed by atoms with E-state index in [1.807, 2.05) is 37.3 Å². The number of amides is 1. The highest BCUT2D eigenvalue weighted by molar-refractivity contribution is 5.96. The maximum Gasteiger partial charge on any atom is 0.313 e. The summed E-state index contributed by atoms with van der Waals surface area (Å²) in [4.78, 5) is 35.4. The highest BCUT2D eigenvalue weighted by Gasteiger charge is 2.20. The summed E-state index contributed by atoms with van der Waals surface area (Å²) < 4.78 is 5.14. The number of carbonyl (C=O) groups is 3. The van der Waals surface area contributed by atoms with Crippen molar-refractivity contribution in [3.63, 3.8) is 0 Å². The Morgan fingerprint density at radius 2 is 1.64 bits per heavy atom. The third kappa shape index (κ3) is 5.28. The van der Waals surface area contributed by atoms with E-state index >= 15 is 0 Å². The SMILES string of the molecule is CC[C@@H](C(=O)OCC(=O)Nc1ccc(C(C)=O)cc1)c1ccccc1. The number of hydrogen-bond donors (Lipinski definition) is 1. The van der Waals surface area contributed by atoms with Gasteiger partial charge < -0.3 is 10.1 Å². The van der Waals surface area contributed by atoms with E-state index < -0.39 is 11.9 Å². The maximum absolute atomic E-state index is 12.2. The van der Waals surface area contributed by atoms with Crippen LogP contribution in [-0.4, -0.2) is 24.3 Å². The molecule has 0 radical (unpaired) electrons. The van der Waals surface area contributed by atoms with Crippen molar-refractivity contribution in [1.29, 1.82) is 0 Å². The van der Waals surface area contributed by atoms with Crippen LogP contribution in [-0.2, 0) is 14.3 Å². The number of ketones is 1. The van der Waals surface area contributed by atoms with Crippen LogP contribution >= 0.6 is 0 Å². The van der Waals surface area contributed by atoms with Crippen LogP contribution in [0.2, 0.25) is 0 Å². The molecule has 0 fully saturated rings. The standard InChI is InChI=1S/C20H21NO4/c1-3-18(16-7-5-4-6-8-16)20(24)25-13-19(23)21-17-11-9-15(10-12-17)14(2)22/h4-12,18H,3,13H2,1-2H3,(H,21,23)/t18-/m1/s1. The van der Waals surface area contributed by atoms with E-state index in [0.29, 0.717) is 17.7 Å². The fourth-order valence-corrected chi connectivity index (χ4v) is 2.45. The Kier molecular flexibility index (Phi) is 6.46. The van der Waals surface area contributed by atoms with Gasteiger partial charge in [0.1, 0.15) is 0 Å². The number of anilines is 1. The summed E-state index contributed by atoms with van der Waals surface area (Å²) in [6.45, 7) is 3.02. The van der Waals surface area contributed by atoms with Crippen molar-refractivity contribution in [2.24, 2.45) is 0 Å². The molecule has 5 heteroatoms. The van der Waals surface area contributed by atoms with Crippen LogP contribution < -0.4 is 5.32 Å². The lowest BCUT2D eigenvalue weighted by atomic mass is 9.97. The van der Waals surface area contributed by atoms with Crippen molar-refractivity contribution in [3.05, 3.63) is 65.7 Å². The number of esters is 1. The first-order valence-corrected chi connectivity index (χ1v) is 8.13. The predicted octanol–water partition coefficient (Wildman–Crippen LogP) is 3.56. The Morgan fingerprint density at radius 1 is 1.00 bits per heavy atom. The number of benzene rings is 2. The van der Waals surface area contributed by atoms with E-state index in [1.165, 1.54) is 6.92 Å². The number of hydrogen-bond acceptors (Lipinski definition) is 4. The first-order valence-electron chi connectivity index (χ1n) is 8.13. The van der Waals surface area contributed by atoms with Crippen molar-refractivity contribution < 1.29 is 19.1 Å². The van der Waals surface area contributed by atoms with Gasteiger partial charge in [-0.15, -0.1) is 0 Å². The smallest absolute Gasteiger partial charge is 0.313 e. The van der Waals surface area contributed by atoms with Crippen LogP contribution in [0.15, 0.2) is 54.6 Å². The van der Waals surface area contributed by atoms with Gasteiger partial charge in [-0.25, -0.2) is 0 Å². The largest absolute Gasteiger partial charge is 0.455 e. The Labute approximate surface area is 147 Å². The van der Waals surface area contributed by atoms with Gasteiger partial charge >= 0.3 is 5.97 Å². The van der Waals surface area contributed by atoms with Gasteiger partial charge in [-0.1, -0.05) is 37.3 Å². The van der Waals surface area contributed by atoms with Gasteiger partial charge in [-0.05, 0) is 43.2 Å². The maximum atomic E-state index is 12.2. The fraction of sp³-hybridized carbons (Fsp3) is 0.250. The minimum Gasteiger partial charge on any atom is -0.455 e. The molecule has 25 heavy (non-hydrogen) atoms. The highest BCUT2D eigenvalue weighted by atomic mass is 16.5. The van der Waals surface area contributed by atoms with Gasteiger partial charge in [-0.2, -0.15) is 0 Å². The van der Waals surface area contributed by atoms with E-state index in [9.17, 15) is 14.4 Å². The molecule has 0 aromatic heterocycles. The van der Waals surface area contributed by atoms with Crippen LogP contribution in [0.1, 0.15) is 42.1 Å². The van der Waals surface area contributed by atoms with Crippen molar-refractivity contribution in [3.8, 4) is 0 Å². The quantitative estimate of drug-likeness (QED) is 0.618. The third-order valence-corrected chi connectivity index (χ3v) is 3.82. The molecule has 5 nitrogen and oxygen atoms in total. The second-order valence-electron chi connectivity index (χ2n) is 5.66. The summed E-state index contributed by atoms with van der Waals surface area (Å²) in [6, 6.07) is 15.9. The Morgan fingerprint density at radius 3 is 2.20 bits per heavy atom. The summed E-state index contributed by atoms with van der Waals surface area (Å²) in [5.74, 6) is -1.27. The lowest BCUT2D eigenvalue weighted by Crippen LogP contribution is -2.23. The van der Waals surface area contributed by atoms with E-state index in [-0.39, 0.29) is 18.3 Å². The number of carbonyl (C=O) groups excluding carboxylic acids is 3. The lowest BCUT2D eigenvalue weighted by molar-refractivity contribution is -0.149. The van der Waals surface area contributed by atoms with Crippen LogP contribution in [0.3, 0.4) is 0 Å². The molecule has 0 heterocycles. The first-order chi connectivity index (χ1) is 12.0. The molecule has 1 amide bonds.